The van der Waals surface area contributed by atoms with Crippen LogP contribution in [0.1, 0.15) is 66.1 Å². The molecule has 0 saturated carbocycles. The van der Waals surface area contributed by atoms with E-state index in [9.17, 15) is 13.2 Å². The predicted molar refractivity (Wildman–Crippen MR) is 120 cm³/mol. The van der Waals surface area contributed by atoms with E-state index in [0.29, 0.717) is 18.7 Å². The smallest absolute Gasteiger partial charge is 0.251 e. The fourth-order valence-corrected chi connectivity index (χ4v) is 6.28. The van der Waals surface area contributed by atoms with E-state index < -0.39 is 10.0 Å². The molecule has 0 unspecified atom stereocenters. The van der Waals surface area contributed by atoms with Gasteiger partial charge in [0.1, 0.15) is 10.6 Å². The summed E-state index contributed by atoms with van der Waals surface area (Å²) < 4.78 is 33.6. The topological polar surface area (TPSA) is 75.7 Å². The first-order valence-electron chi connectivity index (χ1n) is 11.1. The lowest BCUT2D eigenvalue weighted by molar-refractivity contribution is 0.0932. The highest BCUT2D eigenvalue weighted by molar-refractivity contribution is 7.89. The maximum absolute atomic E-state index is 13.4. The maximum Gasteiger partial charge on any atom is 0.251 e. The van der Waals surface area contributed by atoms with Gasteiger partial charge in [0.25, 0.3) is 5.91 Å². The van der Waals surface area contributed by atoms with Gasteiger partial charge in [-0.1, -0.05) is 37.1 Å². The third kappa shape index (κ3) is 4.62. The van der Waals surface area contributed by atoms with E-state index in [1.807, 2.05) is 12.1 Å². The highest BCUT2D eigenvalue weighted by atomic mass is 32.2. The minimum Gasteiger partial charge on any atom is -0.495 e. The molecule has 4 rings (SSSR count). The molecule has 1 atom stereocenters. The van der Waals surface area contributed by atoms with E-state index in [1.165, 1.54) is 23.0 Å². The Labute approximate surface area is 184 Å². The Hall–Kier alpha value is -2.38. The first-order chi connectivity index (χ1) is 15.0. The number of sulfonamides is 1. The number of hydrogen-bond acceptors (Lipinski definition) is 4. The second kappa shape index (κ2) is 9.40. The van der Waals surface area contributed by atoms with E-state index >= 15 is 0 Å². The summed E-state index contributed by atoms with van der Waals surface area (Å²) in [5.74, 6) is 0.000446. The van der Waals surface area contributed by atoms with Crippen LogP contribution in [0.3, 0.4) is 0 Å². The molecule has 0 bridgehead atoms. The summed E-state index contributed by atoms with van der Waals surface area (Å²) in [7, 11) is -2.28. The summed E-state index contributed by atoms with van der Waals surface area (Å²) in [5.41, 5.74) is 2.74. The molecule has 1 aliphatic heterocycles. The van der Waals surface area contributed by atoms with Gasteiger partial charge >= 0.3 is 0 Å². The van der Waals surface area contributed by atoms with Gasteiger partial charge in [-0.3, -0.25) is 4.79 Å². The molecule has 2 aromatic rings. The SMILES string of the molecule is COc1ccc(C(=O)N[C@H]2CCCc3ccccc32)cc1S(=O)(=O)N1CCCCCC1. The molecule has 1 N–H and O–H groups in total. The number of amides is 1. The minimum atomic E-state index is -3.74. The average Bonchev–Trinajstić information content (AvgIpc) is 3.09. The maximum atomic E-state index is 13.4. The van der Waals surface area contributed by atoms with Crippen LogP contribution < -0.4 is 10.1 Å². The van der Waals surface area contributed by atoms with Crippen LogP contribution in [0.15, 0.2) is 47.4 Å². The van der Waals surface area contributed by atoms with Crippen LogP contribution in [0, 0.1) is 0 Å². The van der Waals surface area contributed by atoms with E-state index in [0.717, 1.165) is 50.5 Å². The molecule has 2 aromatic carbocycles. The monoisotopic (exact) mass is 442 g/mol. The molecule has 2 aliphatic rings. The zero-order valence-electron chi connectivity index (χ0n) is 18.0. The molecule has 6 nitrogen and oxygen atoms in total. The number of hydrogen-bond donors (Lipinski definition) is 1. The molecule has 0 spiro atoms. The number of rotatable bonds is 5. The highest BCUT2D eigenvalue weighted by Crippen LogP contribution is 2.32. The Kier molecular flexibility index (Phi) is 6.62. The number of fused-ring (bicyclic) bond motifs is 1. The minimum absolute atomic E-state index is 0.0635. The van der Waals surface area contributed by atoms with Crippen molar-refractivity contribution in [1.29, 1.82) is 0 Å². The summed E-state index contributed by atoms with van der Waals surface area (Å²) in [6.07, 6.45) is 6.68. The third-order valence-corrected chi connectivity index (χ3v) is 8.20. The van der Waals surface area contributed by atoms with E-state index in [1.54, 1.807) is 12.1 Å². The van der Waals surface area contributed by atoms with Gasteiger partial charge in [-0.2, -0.15) is 4.31 Å². The number of carbonyl (C=O) groups is 1. The van der Waals surface area contributed by atoms with Crippen LogP contribution >= 0.6 is 0 Å². The predicted octanol–water partition coefficient (Wildman–Crippen LogP) is 4.07. The number of methoxy groups -OCH3 is 1. The van der Waals surface area contributed by atoms with Gasteiger partial charge in [-0.25, -0.2) is 8.42 Å². The fraction of sp³-hybridized carbons (Fsp3) is 0.458. The first-order valence-corrected chi connectivity index (χ1v) is 12.5. The van der Waals surface area contributed by atoms with Crippen LogP contribution in [0.2, 0.25) is 0 Å². The van der Waals surface area contributed by atoms with E-state index in [4.69, 9.17) is 4.74 Å². The Bertz CT molecular complexity index is 1040. The molecule has 166 valence electrons. The third-order valence-electron chi connectivity index (χ3n) is 6.28. The normalized spacial score (nSPS) is 19.8. The standard InChI is InChI=1S/C24H30N2O4S/c1-30-22-14-13-19(17-23(22)31(28,29)26-15-6-2-3-7-16-26)24(27)25-21-12-8-10-18-9-4-5-11-20(18)21/h4-5,9,11,13-14,17,21H,2-3,6-8,10,12,15-16H2,1H3,(H,25,27)/t21-/m0/s1. The zero-order chi connectivity index (χ0) is 21.8. The van der Waals surface area contributed by atoms with Crippen LogP contribution in [0.5, 0.6) is 5.75 Å². The highest BCUT2D eigenvalue weighted by Gasteiger charge is 2.30. The Balaban J connectivity index is 1.61. The first kappa shape index (κ1) is 21.8. The van der Waals surface area contributed by atoms with Crippen molar-refractivity contribution in [3.8, 4) is 5.75 Å². The molecular weight excluding hydrogens is 412 g/mol. The fourth-order valence-electron chi connectivity index (χ4n) is 4.59. The average molecular weight is 443 g/mol. The summed E-state index contributed by atoms with van der Waals surface area (Å²) in [6.45, 7) is 1.00. The zero-order valence-corrected chi connectivity index (χ0v) is 18.8. The number of aryl methyl sites for hydroxylation is 1. The molecule has 31 heavy (non-hydrogen) atoms. The molecule has 0 radical (unpaired) electrons. The van der Waals surface area contributed by atoms with Crippen molar-refractivity contribution < 1.29 is 17.9 Å². The Morgan fingerprint density at radius 2 is 1.77 bits per heavy atom. The van der Waals surface area contributed by atoms with Crippen molar-refractivity contribution in [1.82, 2.24) is 9.62 Å². The van der Waals surface area contributed by atoms with E-state index in [2.05, 4.69) is 17.4 Å². The molecule has 1 fully saturated rings. The van der Waals surface area contributed by atoms with Gasteiger partial charge in [0.2, 0.25) is 10.0 Å². The van der Waals surface area contributed by atoms with Gasteiger partial charge in [0.05, 0.1) is 13.2 Å². The number of nitrogens with one attached hydrogen (secondary N) is 1. The lowest BCUT2D eigenvalue weighted by Crippen LogP contribution is -2.33. The quantitative estimate of drug-likeness (QED) is 0.757. The van der Waals surface area contributed by atoms with E-state index in [-0.39, 0.29) is 22.6 Å². The summed E-state index contributed by atoms with van der Waals surface area (Å²) >= 11 is 0. The van der Waals surface area contributed by atoms with Gasteiger partial charge in [0.15, 0.2) is 0 Å². The summed E-state index contributed by atoms with van der Waals surface area (Å²) in [4.78, 5) is 13.1. The summed E-state index contributed by atoms with van der Waals surface area (Å²) in [5, 5.41) is 3.11. The van der Waals surface area contributed by atoms with Crippen molar-refractivity contribution in [3.63, 3.8) is 0 Å². The van der Waals surface area contributed by atoms with Gasteiger partial charge in [-0.05, 0) is 61.4 Å². The van der Waals surface area contributed by atoms with Crippen molar-refractivity contribution in [3.05, 3.63) is 59.2 Å². The van der Waals surface area contributed by atoms with Crippen LogP contribution in [-0.4, -0.2) is 38.8 Å². The number of ether oxygens (including phenoxy) is 1. The Morgan fingerprint density at radius 1 is 1.03 bits per heavy atom. The van der Waals surface area contributed by atoms with Crippen molar-refractivity contribution in [2.45, 2.75) is 55.9 Å². The molecule has 7 heteroatoms. The number of carbonyl (C=O) groups excluding carboxylic acids is 1. The van der Waals surface area contributed by atoms with Crippen LogP contribution in [0.4, 0.5) is 0 Å². The second-order valence-electron chi connectivity index (χ2n) is 8.30. The Morgan fingerprint density at radius 3 is 2.52 bits per heavy atom. The van der Waals surface area contributed by atoms with Crippen molar-refractivity contribution in [2.24, 2.45) is 0 Å². The van der Waals surface area contributed by atoms with Gasteiger partial charge in [-0.15, -0.1) is 0 Å². The molecule has 1 heterocycles. The van der Waals surface area contributed by atoms with Gasteiger partial charge in [0, 0.05) is 18.7 Å². The van der Waals surface area contributed by atoms with Crippen LogP contribution in [0.25, 0.3) is 0 Å². The molecule has 0 aromatic heterocycles. The van der Waals surface area contributed by atoms with Crippen LogP contribution in [-0.2, 0) is 16.4 Å². The molecular formula is C24H30N2O4S. The van der Waals surface area contributed by atoms with Gasteiger partial charge < -0.3 is 10.1 Å². The van der Waals surface area contributed by atoms with Crippen molar-refractivity contribution in [2.75, 3.05) is 20.2 Å². The second-order valence-corrected chi connectivity index (χ2v) is 10.2. The lowest BCUT2D eigenvalue weighted by Gasteiger charge is -2.26. The lowest BCUT2D eigenvalue weighted by atomic mass is 9.87. The molecule has 1 aliphatic carbocycles. The molecule has 1 saturated heterocycles. The molecule has 1 amide bonds. The number of benzene rings is 2. The largest absolute Gasteiger partial charge is 0.495 e. The number of nitrogens with zero attached hydrogens (tertiary/aromatic N) is 1. The summed E-state index contributed by atoms with van der Waals surface area (Å²) in [6, 6.07) is 12.8. The van der Waals surface area contributed by atoms with Crippen molar-refractivity contribution >= 4 is 15.9 Å².